The summed E-state index contributed by atoms with van der Waals surface area (Å²) in [6.45, 7) is 16.7. The summed E-state index contributed by atoms with van der Waals surface area (Å²) in [5.41, 5.74) is -0.591. The number of esters is 1. The lowest BCUT2D eigenvalue weighted by Gasteiger charge is -2.69. The largest absolute Gasteiger partial charge is 0.462 e. The van der Waals surface area contributed by atoms with Crippen LogP contribution in [0.1, 0.15) is 170 Å². The summed E-state index contributed by atoms with van der Waals surface area (Å²) in [4.78, 5) is 26.2. The quantitative estimate of drug-likeness (QED) is 0.0586. The molecule has 3 saturated carbocycles. The summed E-state index contributed by atoms with van der Waals surface area (Å²) in [7, 11) is 0. The maximum Gasteiger partial charge on any atom is 0.306 e. The molecule has 6 aliphatic rings. The summed E-state index contributed by atoms with van der Waals surface area (Å²) in [5, 5.41) is 0. The van der Waals surface area contributed by atoms with E-state index in [2.05, 4.69) is 97.1 Å². The smallest absolute Gasteiger partial charge is 0.306 e. The fraction of sp³-hybridized carbons (Fsp3) is 0.804. The minimum atomic E-state index is -0.503. The van der Waals surface area contributed by atoms with Gasteiger partial charge in [0.2, 0.25) is 0 Å². The number of fused-ring (bicyclic) bond motifs is 2. The van der Waals surface area contributed by atoms with Crippen LogP contribution in [0.15, 0.2) is 48.6 Å². The Morgan fingerprint density at radius 2 is 1.52 bits per heavy atom. The van der Waals surface area contributed by atoms with E-state index in [0.717, 1.165) is 38.5 Å². The maximum atomic E-state index is 12.9. The zero-order valence-electron chi connectivity index (χ0n) is 33.2. The second kappa shape index (κ2) is 17.5. The maximum absolute atomic E-state index is 12.9. The van der Waals surface area contributed by atoms with Gasteiger partial charge in [-0.1, -0.05) is 123 Å². The van der Waals surface area contributed by atoms with E-state index < -0.39 is 5.60 Å². The van der Waals surface area contributed by atoms with E-state index in [9.17, 15) is 4.79 Å². The lowest BCUT2D eigenvalue weighted by atomic mass is 9.42. The van der Waals surface area contributed by atoms with Gasteiger partial charge >= 0.3 is 5.97 Å². The Morgan fingerprint density at radius 1 is 0.800 bits per heavy atom. The molecule has 2 spiro atoms. The number of allylic oxidation sites excluding steroid dienone is 6. The molecular weight excluding hydrogens is 617 g/mol. The van der Waals surface area contributed by atoms with Crippen LogP contribution in [0.2, 0.25) is 0 Å². The Morgan fingerprint density at radius 3 is 2.22 bits per heavy atom. The standard InChI is InChI=1S/C46H74O4/c1-8-9-10-11-12-13-14-15-16-17-18-19-20-21-22-23-42(47)48-38-28-31-44(7)41-29-30-43(6)39(37(5)25-24-36(4)35(2)3)26-27-40(43)46(41)33-32-45(44,34-38)49-50-46/h12-13,15-16,24-25,32-33,35-41H,8-11,14,17-23,26-31,34H2,1-7H3/b13-12+,16-15+,25-24+/t36-,37+,38-,39+,40+,41+,43+,44+,45?,46?/m0/s1. The molecule has 0 amide bonds. The molecule has 10 atom stereocenters. The minimum absolute atomic E-state index is 0.000669. The van der Waals surface area contributed by atoms with Gasteiger partial charge in [0, 0.05) is 30.1 Å². The zero-order chi connectivity index (χ0) is 35.8. The van der Waals surface area contributed by atoms with Crippen LogP contribution < -0.4 is 0 Å². The molecular formula is C46H74O4. The monoisotopic (exact) mass is 691 g/mol. The molecule has 2 aliphatic heterocycles. The molecule has 0 N–H and O–H groups in total. The molecule has 2 heterocycles. The second-order valence-corrected chi connectivity index (χ2v) is 18.2. The minimum Gasteiger partial charge on any atom is -0.462 e. The molecule has 4 aliphatic carbocycles. The number of carbonyl (C=O) groups is 1. The van der Waals surface area contributed by atoms with Crippen molar-refractivity contribution in [1.29, 1.82) is 0 Å². The molecule has 4 nitrogen and oxygen atoms in total. The SMILES string of the molecule is CCCCC/C=C/C/C=C/CCCCCCCC(=O)O[C@H]1CC[C@]2(C)[C@H]3CC[C@]4(C)[C@@H]([C@H](C)/C=C/[C@H](C)C(C)C)CC[C@H]4C34C=CC2(C1)OO4. The molecule has 2 bridgehead atoms. The third-order valence-corrected chi connectivity index (χ3v) is 14.7. The third-order valence-electron chi connectivity index (χ3n) is 14.7. The Labute approximate surface area is 307 Å². The molecule has 4 heteroatoms. The fourth-order valence-corrected chi connectivity index (χ4v) is 11.1. The normalized spacial score (nSPS) is 37.4. The summed E-state index contributed by atoms with van der Waals surface area (Å²) in [5.74, 6) is 3.41. The topological polar surface area (TPSA) is 44.8 Å². The van der Waals surface area contributed by atoms with E-state index in [4.69, 9.17) is 14.5 Å². The molecule has 282 valence electrons. The first-order chi connectivity index (χ1) is 24.0. The Kier molecular flexibility index (Phi) is 13.8. The van der Waals surface area contributed by atoms with Crippen molar-refractivity contribution < 1.29 is 19.3 Å². The van der Waals surface area contributed by atoms with E-state index in [1.165, 1.54) is 70.6 Å². The van der Waals surface area contributed by atoms with Gasteiger partial charge in [-0.2, -0.15) is 0 Å². The first kappa shape index (κ1) is 39.6. The first-order valence-corrected chi connectivity index (χ1v) is 21.3. The number of unbranched alkanes of at least 4 members (excludes halogenated alkanes) is 8. The van der Waals surface area contributed by atoms with Crippen LogP contribution in [0.25, 0.3) is 0 Å². The number of hydrogen-bond acceptors (Lipinski definition) is 4. The predicted octanol–water partition coefficient (Wildman–Crippen LogP) is 12.8. The van der Waals surface area contributed by atoms with Crippen molar-refractivity contribution in [3.05, 3.63) is 48.6 Å². The van der Waals surface area contributed by atoms with Crippen LogP contribution >= 0.6 is 0 Å². The predicted molar refractivity (Wildman–Crippen MR) is 207 cm³/mol. The van der Waals surface area contributed by atoms with Crippen LogP contribution in [0, 0.1) is 46.3 Å². The molecule has 2 unspecified atom stereocenters. The highest BCUT2D eigenvalue weighted by molar-refractivity contribution is 5.69. The summed E-state index contributed by atoms with van der Waals surface area (Å²) < 4.78 is 6.13. The summed E-state index contributed by atoms with van der Waals surface area (Å²) in [6.07, 6.45) is 40.1. The van der Waals surface area contributed by atoms with Gasteiger partial charge in [-0.15, -0.1) is 0 Å². The van der Waals surface area contributed by atoms with Gasteiger partial charge in [0.15, 0.2) is 0 Å². The highest BCUT2D eigenvalue weighted by atomic mass is 17.2. The second-order valence-electron chi connectivity index (χ2n) is 18.2. The Balaban J connectivity index is 1.06. The number of hydrogen-bond donors (Lipinski definition) is 0. The molecule has 4 fully saturated rings. The van der Waals surface area contributed by atoms with Crippen LogP contribution in [0.5, 0.6) is 0 Å². The van der Waals surface area contributed by atoms with Crippen molar-refractivity contribution in [3.63, 3.8) is 0 Å². The van der Waals surface area contributed by atoms with Gasteiger partial charge in [0.25, 0.3) is 0 Å². The number of carbonyl (C=O) groups excluding carboxylic acids is 1. The third kappa shape index (κ3) is 8.27. The van der Waals surface area contributed by atoms with Gasteiger partial charge in [-0.05, 0) is 112 Å². The van der Waals surface area contributed by atoms with Crippen LogP contribution in [0.3, 0.4) is 0 Å². The van der Waals surface area contributed by atoms with Crippen LogP contribution in [-0.4, -0.2) is 23.3 Å². The Hall–Kier alpha value is -1.65. The fourth-order valence-electron chi connectivity index (χ4n) is 11.1. The van der Waals surface area contributed by atoms with Crippen molar-refractivity contribution in [2.45, 2.75) is 188 Å². The van der Waals surface area contributed by atoms with Gasteiger partial charge in [0.05, 0.1) is 0 Å². The summed E-state index contributed by atoms with van der Waals surface area (Å²) >= 11 is 0. The highest BCUT2D eigenvalue weighted by Gasteiger charge is 2.74. The van der Waals surface area contributed by atoms with Gasteiger partial charge in [-0.25, -0.2) is 9.78 Å². The van der Waals surface area contributed by atoms with E-state index in [-0.39, 0.29) is 28.5 Å². The number of rotatable bonds is 19. The molecule has 1 saturated heterocycles. The first-order valence-electron chi connectivity index (χ1n) is 21.3. The van der Waals surface area contributed by atoms with E-state index in [0.29, 0.717) is 48.3 Å². The Bertz CT molecular complexity index is 1210. The van der Waals surface area contributed by atoms with Gasteiger partial charge < -0.3 is 4.74 Å². The number of ether oxygens (including phenoxy) is 1. The summed E-state index contributed by atoms with van der Waals surface area (Å²) in [6, 6.07) is 0. The van der Waals surface area contributed by atoms with Crippen molar-refractivity contribution in [1.82, 2.24) is 0 Å². The van der Waals surface area contributed by atoms with E-state index in [1.807, 2.05) is 0 Å². The van der Waals surface area contributed by atoms with Crippen molar-refractivity contribution >= 4 is 5.97 Å². The zero-order valence-corrected chi connectivity index (χ0v) is 33.2. The molecule has 0 aromatic rings. The molecule has 0 radical (unpaired) electrons. The highest BCUT2D eigenvalue weighted by Crippen LogP contribution is 2.73. The lowest BCUT2D eigenvalue weighted by Crippen LogP contribution is -2.73. The van der Waals surface area contributed by atoms with Crippen LogP contribution in [0.4, 0.5) is 0 Å². The molecule has 50 heavy (non-hydrogen) atoms. The van der Waals surface area contributed by atoms with Crippen molar-refractivity contribution in [2.24, 2.45) is 46.3 Å². The molecule has 0 aromatic heterocycles. The van der Waals surface area contributed by atoms with Gasteiger partial charge in [0.1, 0.15) is 17.3 Å². The molecule has 6 rings (SSSR count). The van der Waals surface area contributed by atoms with Crippen molar-refractivity contribution in [3.8, 4) is 0 Å². The van der Waals surface area contributed by atoms with E-state index in [1.54, 1.807) is 0 Å². The lowest BCUT2D eigenvalue weighted by molar-refractivity contribution is -0.497. The average molecular weight is 691 g/mol. The van der Waals surface area contributed by atoms with Crippen LogP contribution in [-0.2, 0) is 19.3 Å². The van der Waals surface area contributed by atoms with E-state index >= 15 is 0 Å². The van der Waals surface area contributed by atoms with Crippen molar-refractivity contribution in [2.75, 3.05) is 0 Å². The molecule has 0 aromatic carbocycles. The van der Waals surface area contributed by atoms with Gasteiger partial charge in [-0.3, -0.25) is 4.79 Å². The average Bonchev–Trinajstić information content (AvgIpc) is 3.46.